The first-order valence-electron chi connectivity index (χ1n) is 10.3. The summed E-state index contributed by atoms with van der Waals surface area (Å²) in [5.41, 5.74) is 1.82. The fourth-order valence-corrected chi connectivity index (χ4v) is 6.02. The number of carbonyl (C=O) groups is 1. The normalized spacial score (nSPS) is 19.6. The summed E-state index contributed by atoms with van der Waals surface area (Å²) in [5.74, 6) is -0.597. The minimum absolute atomic E-state index is 0.0115. The lowest BCUT2D eigenvalue weighted by molar-refractivity contribution is -0.0440. The molecule has 1 aromatic heterocycles. The SMILES string of the molecule is CC1CN(S(=O)(=O)c2cccc(C(=O)OCc3csc(-c4ccccc4)n3)c2)CC(C)O1. The molecular formula is C23H24N2O5S2. The molecule has 4 rings (SSSR count). The molecule has 2 unspecified atom stereocenters. The molecule has 0 radical (unpaired) electrons. The van der Waals surface area contributed by atoms with E-state index >= 15 is 0 Å². The molecule has 0 N–H and O–H groups in total. The van der Waals surface area contributed by atoms with Crippen molar-refractivity contribution in [3.63, 3.8) is 0 Å². The van der Waals surface area contributed by atoms with E-state index in [1.165, 1.54) is 27.8 Å². The van der Waals surface area contributed by atoms with Crippen molar-refractivity contribution in [2.24, 2.45) is 0 Å². The van der Waals surface area contributed by atoms with Crippen molar-refractivity contribution in [1.29, 1.82) is 0 Å². The summed E-state index contributed by atoms with van der Waals surface area (Å²) in [4.78, 5) is 17.1. The Morgan fingerprint density at radius 1 is 1.12 bits per heavy atom. The highest BCUT2D eigenvalue weighted by Gasteiger charge is 2.32. The van der Waals surface area contributed by atoms with Gasteiger partial charge in [0.05, 0.1) is 28.4 Å². The lowest BCUT2D eigenvalue weighted by atomic mass is 10.2. The van der Waals surface area contributed by atoms with Gasteiger partial charge in [0.2, 0.25) is 10.0 Å². The lowest BCUT2D eigenvalue weighted by Gasteiger charge is -2.34. The Labute approximate surface area is 191 Å². The second kappa shape index (κ2) is 9.50. The highest BCUT2D eigenvalue weighted by atomic mass is 32.2. The van der Waals surface area contributed by atoms with Crippen LogP contribution >= 0.6 is 11.3 Å². The minimum atomic E-state index is -3.74. The number of thiazole rings is 1. The number of benzene rings is 2. The zero-order valence-corrected chi connectivity index (χ0v) is 19.4. The first-order chi connectivity index (χ1) is 15.3. The highest BCUT2D eigenvalue weighted by Crippen LogP contribution is 2.25. The third-order valence-electron chi connectivity index (χ3n) is 5.02. The Morgan fingerprint density at radius 3 is 2.56 bits per heavy atom. The van der Waals surface area contributed by atoms with Gasteiger partial charge in [-0.3, -0.25) is 0 Å². The van der Waals surface area contributed by atoms with Crippen molar-refractivity contribution in [3.8, 4) is 10.6 Å². The zero-order valence-electron chi connectivity index (χ0n) is 17.8. The predicted molar refractivity (Wildman–Crippen MR) is 122 cm³/mol. The van der Waals surface area contributed by atoms with Gasteiger partial charge in [-0.25, -0.2) is 18.2 Å². The Balaban J connectivity index is 1.44. The van der Waals surface area contributed by atoms with E-state index in [1.807, 2.05) is 49.6 Å². The van der Waals surface area contributed by atoms with Crippen LogP contribution in [0.5, 0.6) is 0 Å². The molecule has 3 aromatic rings. The Kier molecular flexibility index (Phi) is 6.71. The van der Waals surface area contributed by atoms with E-state index in [-0.39, 0.29) is 42.4 Å². The molecule has 1 saturated heterocycles. The molecule has 1 fully saturated rings. The van der Waals surface area contributed by atoms with Crippen LogP contribution < -0.4 is 0 Å². The molecule has 0 saturated carbocycles. The molecule has 0 bridgehead atoms. The van der Waals surface area contributed by atoms with E-state index in [0.717, 1.165) is 10.6 Å². The molecular weight excluding hydrogens is 448 g/mol. The van der Waals surface area contributed by atoms with Crippen LogP contribution in [0.1, 0.15) is 29.9 Å². The number of rotatable bonds is 6. The summed E-state index contributed by atoms with van der Waals surface area (Å²) in [6.45, 7) is 4.24. The van der Waals surface area contributed by atoms with Gasteiger partial charge in [-0.15, -0.1) is 11.3 Å². The summed E-state index contributed by atoms with van der Waals surface area (Å²) in [7, 11) is -3.74. The quantitative estimate of drug-likeness (QED) is 0.505. The Hall–Kier alpha value is -2.59. The largest absolute Gasteiger partial charge is 0.456 e. The molecule has 0 amide bonds. The molecule has 9 heteroatoms. The molecule has 32 heavy (non-hydrogen) atoms. The molecule has 7 nitrogen and oxygen atoms in total. The number of morpholine rings is 1. The number of carbonyl (C=O) groups excluding carboxylic acids is 1. The third kappa shape index (κ3) is 5.07. The summed E-state index contributed by atoms with van der Waals surface area (Å²) in [6.07, 6.45) is -0.388. The summed E-state index contributed by atoms with van der Waals surface area (Å²) >= 11 is 1.47. The first-order valence-corrected chi connectivity index (χ1v) is 12.6. The fraction of sp³-hybridized carbons (Fsp3) is 0.304. The zero-order chi connectivity index (χ0) is 22.7. The van der Waals surface area contributed by atoms with Crippen LogP contribution in [0.15, 0.2) is 64.9 Å². The van der Waals surface area contributed by atoms with Gasteiger partial charge in [-0.05, 0) is 32.0 Å². The predicted octanol–water partition coefficient (Wildman–Crippen LogP) is 3.97. The minimum Gasteiger partial charge on any atom is -0.456 e. The topological polar surface area (TPSA) is 85.8 Å². The molecule has 2 heterocycles. The van der Waals surface area contributed by atoms with Gasteiger partial charge in [0.1, 0.15) is 11.6 Å². The number of sulfonamides is 1. The summed E-state index contributed by atoms with van der Waals surface area (Å²) in [6, 6.07) is 15.7. The molecule has 2 aromatic carbocycles. The highest BCUT2D eigenvalue weighted by molar-refractivity contribution is 7.89. The fourth-order valence-electron chi connectivity index (χ4n) is 3.57. The standard InChI is InChI=1S/C23H24N2O5S2/c1-16-12-25(13-17(2)30-16)32(27,28)21-10-6-9-19(11-21)23(26)29-14-20-15-31-22(24-20)18-7-4-3-5-8-18/h3-11,15-17H,12-14H2,1-2H3. The van der Waals surface area contributed by atoms with Crippen molar-refractivity contribution < 1.29 is 22.7 Å². The molecule has 0 aliphatic carbocycles. The third-order valence-corrected chi connectivity index (χ3v) is 7.79. The molecule has 168 valence electrons. The van der Waals surface area contributed by atoms with Gasteiger partial charge in [0.15, 0.2) is 0 Å². The van der Waals surface area contributed by atoms with Crippen molar-refractivity contribution in [3.05, 3.63) is 71.2 Å². The second-order valence-corrected chi connectivity index (χ2v) is 10.5. The van der Waals surface area contributed by atoms with Crippen molar-refractivity contribution in [2.45, 2.75) is 37.6 Å². The molecule has 1 aliphatic heterocycles. The molecule has 2 atom stereocenters. The van der Waals surface area contributed by atoms with Crippen LogP contribution in [0.4, 0.5) is 0 Å². The average molecular weight is 473 g/mol. The number of hydrogen-bond acceptors (Lipinski definition) is 7. The number of ether oxygens (including phenoxy) is 2. The number of nitrogens with zero attached hydrogens (tertiary/aromatic N) is 2. The van der Waals surface area contributed by atoms with Gasteiger partial charge in [0, 0.05) is 24.0 Å². The molecule has 0 spiro atoms. The van der Waals surface area contributed by atoms with Crippen LogP contribution in [0.2, 0.25) is 0 Å². The maximum absolute atomic E-state index is 13.1. The first kappa shape index (κ1) is 22.6. The average Bonchev–Trinajstić information content (AvgIpc) is 3.26. The van der Waals surface area contributed by atoms with E-state index in [4.69, 9.17) is 9.47 Å². The number of aromatic nitrogens is 1. The smallest absolute Gasteiger partial charge is 0.338 e. The summed E-state index contributed by atoms with van der Waals surface area (Å²) < 4.78 is 38.6. The maximum Gasteiger partial charge on any atom is 0.338 e. The summed E-state index contributed by atoms with van der Waals surface area (Å²) in [5, 5.41) is 2.69. The van der Waals surface area contributed by atoms with Crippen molar-refractivity contribution >= 4 is 27.3 Å². The monoisotopic (exact) mass is 472 g/mol. The van der Waals surface area contributed by atoms with Gasteiger partial charge >= 0.3 is 5.97 Å². The van der Waals surface area contributed by atoms with E-state index in [9.17, 15) is 13.2 Å². The number of esters is 1. The van der Waals surface area contributed by atoms with E-state index in [0.29, 0.717) is 5.69 Å². The van der Waals surface area contributed by atoms with Gasteiger partial charge in [-0.1, -0.05) is 36.4 Å². The van der Waals surface area contributed by atoms with Crippen LogP contribution in [-0.2, 0) is 26.1 Å². The van der Waals surface area contributed by atoms with E-state index in [2.05, 4.69) is 4.98 Å². The van der Waals surface area contributed by atoms with Crippen molar-refractivity contribution in [1.82, 2.24) is 9.29 Å². The maximum atomic E-state index is 13.1. The second-order valence-electron chi connectivity index (χ2n) is 7.69. The lowest BCUT2D eigenvalue weighted by Crippen LogP contribution is -2.48. The Morgan fingerprint density at radius 2 is 1.84 bits per heavy atom. The van der Waals surface area contributed by atoms with Crippen LogP contribution in [-0.4, -0.2) is 49.0 Å². The van der Waals surface area contributed by atoms with Gasteiger partial charge in [0.25, 0.3) is 0 Å². The van der Waals surface area contributed by atoms with Gasteiger partial charge < -0.3 is 9.47 Å². The van der Waals surface area contributed by atoms with E-state index in [1.54, 1.807) is 12.1 Å². The Bertz CT molecular complexity index is 1180. The van der Waals surface area contributed by atoms with E-state index < -0.39 is 16.0 Å². The van der Waals surface area contributed by atoms with Crippen LogP contribution in [0.25, 0.3) is 10.6 Å². The van der Waals surface area contributed by atoms with Gasteiger partial charge in [-0.2, -0.15) is 4.31 Å². The van der Waals surface area contributed by atoms with Crippen molar-refractivity contribution in [2.75, 3.05) is 13.1 Å². The molecule has 1 aliphatic rings. The van der Waals surface area contributed by atoms with Crippen LogP contribution in [0, 0.1) is 0 Å². The number of hydrogen-bond donors (Lipinski definition) is 0. The van der Waals surface area contributed by atoms with Crippen LogP contribution in [0.3, 0.4) is 0 Å².